The molecule has 88 valence electrons. The Morgan fingerprint density at radius 2 is 2.13 bits per heavy atom. The molecular formula is C12H23NO2. The normalized spacial score (nSPS) is 27.3. The highest BCUT2D eigenvalue weighted by atomic mass is 16.4. The number of hydrogen-bond donors (Lipinski definition) is 2. The smallest absolute Gasteiger partial charge is 0.317 e. The topological polar surface area (TPSA) is 49.3 Å². The Balaban J connectivity index is 2.23. The lowest BCUT2D eigenvalue weighted by Gasteiger charge is -2.15. The minimum absolute atomic E-state index is 0.114. The van der Waals surface area contributed by atoms with E-state index in [2.05, 4.69) is 12.2 Å². The van der Waals surface area contributed by atoms with E-state index in [1.54, 1.807) is 0 Å². The van der Waals surface area contributed by atoms with Crippen molar-refractivity contribution in [3.05, 3.63) is 0 Å². The number of carbonyl (C=O) groups is 1. The predicted molar refractivity (Wildman–Crippen MR) is 60.9 cm³/mol. The predicted octanol–water partition coefficient (Wildman–Crippen LogP) is 2.41. The molecule has 0 radical (unpaired) electrons. The van der Waals surface area contributed by atoms with Gasteiger partial charge in [0.05, 0.1) is 6.54 Å². The summed E-state index contributed by atoms with van der Waals surface area (Å²) in [6.45, 7) is 2.36. The number of aliphatic carboxylic acids is 1. The standard InChI is InChI=1S/C12H23NO2/c1-2-4-10-5-3-6-11(8-7-10)13-9-12(14)15/h10-11,13H,2-9H2,1H3,(H,14,15). The van der Waals surface area contributed by atoms with Gasteiger partial charge in [0.15, 0.2) is 0 Å². The zero-order chi connectivity index (χ0) is 11.1. The number of nitrogens with one attached hydrogen (secondary N) is 1. The van der Waals surface area contributed by atoms with E-state index in [1.165, 1.54) is 32.1 Å². The van der Waals surface area contributed by atoms with Crippen LogP contribution in [0.5, 0.6) is 0 Å². The molecule has 3 heteroatoms. The van der Waals surface area contributed by atoms with Crippen LogP contribution in [0.2, 0.25) is 0 Å². The first kappa shape index (κ1) is 12.5. The lowest BCUT2D eigenvalue weighted by atomic mass is 9.95. The van der Waals surface area contributed by atoms with Crippen LogP contribution in [0.15, 0.2) is 0 Å². The summed E-state index contributed by atoms with van der Waals surface area (Å²) in [5, 5.41) is 11.7. The van der Waals surface area contributed by atoms with Gasteiger partial charge in [-0.25, -0.2) is 0 Å². The molecule has 0 heterocycles. The van der Waals surface area contributed by atoms with Crippen LogP contribution in [0, 0.1) is 5.92 Å². The fraction of sp³-hybridized carbons (Fsp3) is 0.917. The van der Waals surface area contributed by atoms with Gasteiger partial charge in [0, 0.05) is 6.04 Å². The van der Waals surface area contributed by atoms with Gasteiger partial charge in [-0.1, -0.05) is 32.6 Å². The Kier molecular flexibility index (Phi) is 5.69. The van der Waals surface area contributed by atoms with Crippen molar-refractivity contribution in [2.24, 2.45) is 5.92 Å². The van der Waals surface area contributed by atoms with Gasteiger partial charge in [-0.15, -0.1) is 0 Å². The molecule has 0 aromatic rings. The van der Waals surface area contributed by atoms with Gasteiger partial charge in [0.2, 0.25) is 0 Å². The molecule has 0 saturated heterocycles. The number of rotatable bonds is 5. The average Bonchev–Trinajstić information content (AvgIpc) is 2.41. The Hall–Kier alpha value is -0.570. The van der Waals surface area contributed by atoms with Gasteiger partial charge in [-0.3, -0.25) is 4.79 Å². The number of carboxylic acid groups (broad SMARTS) is 1. The van der Waals surface area contributed by atoms with E-state index >= 15 is 0 Å². The van der Waals surface area contributed by atoms with E-state index in [0.29, 0.717) is 6.04 Å². The molecule has 0 bridgehead atoms. The highest BCUT2D eigenvalue weighted by Crippen LogP contribution is 2.26. The lowest BCUT2D eigenvalue weighted by Crippen LogP contribution is -2.33. The largest absolute Gasteiger partial charge is 0.480 e. The van der Waals surface area contributed by atoms with E-state index in [9.17, 15) is 4.79 Å². The monoisotopic (exact) mass is 213 g/mol. The minimum Gasteiger partial charge on any atom is -0.480 e. The van der Waals surface area contributed by atoms with Gasteiger partial charge < -0.3 is 10.4 Å². The van der Waals surface area contributed by atoms with E-state index in [0.717, 1.165) is 18.8 Å². The molecule has 2 unspecified atom stereocenters. The van der Waals surface area contributed by atoms with Crippen LogP contribution in [-0.4, -0.2) is 23.7 Å². The van der Waals surface area contributed by atoms with Crippen molar-refractivity contribution in [2.45, 2.75) is 57.9 Å². The maximum Gasteiger partial charge on any atom is 0.317 e. The fourth-order valence-corrected chi connectivity index (χ4v) is 2.51. The van der Waals surface area contributed by atoms with E-state index in [1.807, 2.05) is 0 Å². The van der Waals surface area contributed by atoms with Crippen LogP contribution >= 0.6 is 0 Å². The van der Waals surface area contributed by atoms with Crippen LogP contribution in [0.1, 0.15) is 51.9 Å². The highest BCUT2D eigenvalue weighted by Gasteiger charge is 2.18. The van der Waals surface area contributed by atoms with Crippen molar-refractivity contribution in [1.82, 2.24) is 5.32 Å². The zero-order valence-corrected chi connectivity index (χ0v) is 9.67. The van der Waals surface area contributed by atoms with Crippen molar-refractivity contribution in [3.8, 4) is 0 Å². The molecular weight excluding hydrogens is 190 g/mol. The molecule has 0 spiro atoms. The summed E-state index contributed by atoms with van der Waals surface area (Å²) >= 11 is 0. The maximum atomic E-state index is 10.4. The molecule has 15 heavy (non-hydrogen) atoms. The first-order chi connectivity index (χ1) is 7.22. The SMILES string of the molecule is CCCC1CCCC(NCC(=O)O)CC1. The third kappa shape index (κ3) is 5.17. The summed E-state index contributed by atoms with van der Waals surface area (Å²) in [4.78, 5) is 10.4. The van der Waals surface area contributed by atoms with Gasteiger partial charge in [0.1, 0.15) is 0 Å². The zero-order valence-electron chi connectivity index (χ0n) is 9.67. The third-order valence-corrected chi connectivity index (χ3v) is 3.33. The second-order valence-corrected chi connectivity index (χ2v) is 4.63. The molecule has 3 nitrogen and oxygen atoms in total. The van der Waals surface area contributed by atoms with Crippen molar-refractivity contribution in [3.63, 3.8) is 0 Å². The Labute approximate surface area is 92.3 Å². The Morgan fingerprint density at radius 3 is 2.80 bits per heavy atom. The quantitative estimate of drug-likeness (QED) is 0.689. The Bertz CT molecular complexity index is 194. The molecule has 1 aliphatic carbocycles. The van der Waals surface area contributed by atoms with Crippen molar-refractivity contribution < 1.29 is 9.90 Å². The molecule has 0 amide bonds. The molecule has 0 aromatic heterocycles. The van der Waals surface area contributed by atoms with Crippen LogP contribution in [-0.2, 0) is 4.79 Å². The van der Waals surface area contributed by atoms with Crippen LogP contribution in [0.25, 0.3) is 0 Å². The summed E-state index contributed by atoms with van der Waals surface area (Å²) < 4.78 is 0. The summed E-state index contributed by atoms with van der Waals surface area (Å²) in [6, 6.07) is 0.433. The number of hydrogen-bond acceptors (Lipinski definition) is 2. The third-order valence-electron chi connectivity index (χ3n) is 3.33. The first-order valence-corrected chi connectivity index (χ1v) is 6.17. The summed E-state index contributed by atoms with van der Waals surface area (Å²) in [7, 11) is 0. The van der Waals surface area contributed by atoms with Crippen LogP contribution < -0.4 is 5.32 Å². The Morgan fingerprint density at radius 1 is 1.33 bits per heavy atom. The molecule has 1 aliphatic rings. The van der Waals surface area contributed by atoms with Crippen molar-refractivity contribution >= 4 is 5.97 Å². The molecule has 0 aliphatic heterocycles. The summed E-state index contributed by atoms with van der Waals surface area (Å²) in [5.74, 6) is 0.135. The summed E-state index contributed by atoms with van der Waals surface area (Å²) in [5.41, 5.74) is 0. The minimum atomic E-state index is -0.746. The second-order valence-electron chi connectivity index (χ2n) is 4.63. The van der Waals surface area contributed by atoms with Crippen LogP contribution in [0.4, 0.5) is 0 Å². The molecule has 1 saturated carbocycles. The highest BCUT2D eigenvalue weighted by molar-refractivity contribution is 5.69. The lowest BCUT2D eigenvalue weighted by molar-refractivity contribution is -0.136. The molecule has 1 rings (SSSR count). The fourth-order valence-electron chi connectivity index (χ4n) is 2.51. The first-order valence-electron chi connectivity index (χ1n) is 6.17. The van der Waals surface area contributed by atoms with Crippen molar-refractivity contribution in [1.29, 1.82) is 0 Å². The molecule has 0 aromatic carbocycles. The average molecular weight is 213 g/mol. The van der Waals surface area contributed by atoms with Gasteiger partial charge in [-0.2, -0.15) is 0 Å². The van der Waals surface area contributed by atoms with E-state index in [4.69, 9.17) is 5.11 Å². The van der Waals surface area contributed by atoms with E-state index in [-0.39, 0.29) is 6.54 Å². The van der Waals surface area contributed by atoms with Gasteiger partial charge in [-0.05, 0) is 25.2 Å². The molecule has 1 fully saturated rings. The molecule has 2 atom stereocenters. The van der Waals surface area contributed by atoms with Crippen molar-refractivity contribution in [2.75, 3.05) is 6.54 Å². The van der Waals surface area contributed by atoms with Gasteiger partial charge in [0.25, 0.3) is 0 Å². The summed E-state index contributed by atoms with van der Waals surface area (Å²) in [6.07, 6.45) is 8.77. The van der Waals surface area contributed by atoms with E-state index < -0.39 is 5.97 Å². The van der Waals surface area contributed by atoms with Crippen LogP contribution in [0.3, 0.4) is 0 Å². The van der Waals surface area contributed by atoms with Gasteiger partial charge >= 0.3 is 5.97 Å². The maximum absolute atomic E-state index is 10.4. The molecule has 2 N–H and O–H groups in total. The second kappa shape index (κ2) is 6.83. The number of carboxylic acids is 1.